The third-order valence-corrected chi connectivity index (χ3v) is 3.46. The van der Waals surface area contributed by atoms with E-state index in [-0.39, 0.29) is 6.03 Å². The van der Waals surface area contributed by atoms with Crippen molar-refractivity contribution >= 4 is 11.7 Å². The van der Waals surface area contributed by atoms with Crippen molar-refractivity contribution in [1.82, 2.24) is 5.32 Å². The maximum atomic E-state index is 11.9. The first-order chi connectivity index (χ1) is 10.7. The standard InChI is InChI=1S/C16H24N2O4/c1-20-13-6-7-15(21-2)14(10-13)18-16(19)17-8-3-9-22-11-12-4-5-12/h6-7,10,12H,3-5,8-9,11H2,1-2H3,(H2,17,18,19). The number of carbonyl (C=O) groups is 1. The SMILES string of the molecule is COc1ccc(OC)c(NC(=O)NCCCOCC2CC2)c1. The van der Waals surface area contributed by atoms with Gasteiger partial charge in [0.15, 0.2) is 0 Å². The molecule has 2 amide bonds. The number of hydrogen-bond acceptors (Lipinski definition) is 4. The molecule has 2 rings (SSSR count). The summed E-state index contributed by atoms with van der Waals surface area (Å²) in [6.45, 7) is 2.11. The molecule has 0 radical (unpaired) electrons. The van der Waals surface area contributed by atoms with Crippen LogP contribution in [0.15, 0.2) is 18.2 Å². The number of amides is 2. The van der Waals surface area contributed by atoms with Crippen LogP contribution in [0.3, 0.4) is 0 Å². The van der Waals surface area contributed by atoms with Crippen molar-refractivity contribution in [3.05, 3.63) is 18.2 Å². The van der Waals surface area contributed by atoms with Crippen LogP contribution in [0.4, 0.5) is 10.5 Å². The summed E-state index contributed by atoms with van der Waals surface area (Å²) in [6.07, 6.45) is 3.39. The minimum absolute atomic E-state index is 0.270. The van der Waals surface area contributed by atoms with Gasteiger partial charge in [0.2, 0.25) is 0 Å². The molecule has 1 aliphatic carbocycles. The molecule has 1 saturated carbocycles. The zero-order valence-electron chi connectivity index (χ0n) is 13.2. The van der Waals surface area contributed by atoms with Gasteiger partial charge in [0.1, 0.15) is 11.5 Å². The highest BCUT2D eigenvalue weighted by atomic mass is 16.5. The normalized spacial score (nSPS) is 13.5. The highest BCUT2D eigenvalue weighted by Gasteiger charge is 2.20. The number of urea groups is 1. The van der Waals surface area contributed by atoms with Crippen LogP contribution in [-0.2, 0) is 4.74 Å². The second-order valence-electron chi connectivity index (χ2n) is 5.32. The smallest absolute Gasteiger partial charge is 0.319 e. The molecule has 0 atom stereocenters. The van der Waals surface area contributed by atoms with Crippen LogP contribution in [0.5, 0.6) is 11.5 Å². The van der Waals surface area contributed by atoms with Crippen LogP contribution in [0.25, 0.3) is 0 Å². The van der Waals surface area contributed by atoms with Crippen molar-refractivity contribution < 1.29 is 19.0 Å². The fourth-order valence-corrected chi connectivity index (χ4v) is 1.99. The molecule has 1 aliphatic rings. The number of ether oxygens (including phenoxy) is 3. The van der Waals surface area contributed by atoms with E-state index in [0.29, 0.717) is 30.3 Å². The first-order valence-corrected chi connectivity index (χ1v) is 7.57. The fraction of sp³-hybridized carbons (Fsp3) is 0.562. The lowest BCUT2D eigenvalue weighted by atomic mass is 10.2. The summed E-state index contributed by atoms with van der Waals surface area (Å²) in [7, 11) is 3.13. The number of hydrogen-bond donors (Lipinski definition) is 2. The van der Waals surface area contributed by atoms with Gasteiger partial charge in [-0.25, -0.2) is 4.79 Å². The predicted octanol–water partition coefficient (Wildman–Crippen LogP) is 2.64. The van der Waals surface area contributed by atoms with Crippen molar-refractivity contribution in [3.8, 4) is 11.5 Å². The zero-order valence-corrected chi connectivity index (χ0v) is 13.2. The van der Waals surface area contributed by atoms with E-state index in [4.69, 9.17) is 14.2 Å². The lowest BCUT2D eigenvalue weighted by Crippen LogP contribution is -2.30. The Bertz CT molecular complexity index is 489. The monoisotopic (exact) mass is 308 g/mol. The van der Waals surface area contributed by atoms with E-state index in [1.165, 1.54) is 12.8 Å². The molecular weight excluding hydrogens is 284 g/mol. The van der Waals surface area contributed by atoms with E-state index in [1.54, 1.807) is 32.4 Å². The lowest BCUT2D eigenvalue weighted by Gasteiger charge is -2.12. The maximum absolute atomic E-state index is 11.9. The fourth-order valence-electron chi connectivity index (χ4n) is 1.99. The molecule has 1 aromatic carbocycles. The summed E-state index contributed by atoms with van der Waals surface area (Å²) in [5, 5.41) is 5.56. The van der Waals surface area contributed by atoms with Gasteiger partial charge in [0, 0.05) is 25.8 Å². The molecule has 6 heteroatoms. The first kappa shape index (κ1) is 16.4. The van der Waals surface area contributed by atoms with Gasteiger partial charge in [-0.2, -0.15) is 0 Å². The number of rotatable bonds is 9. The Morgan fingerprint density at radius 3 is 2.77 bits per heavy atom. The Morgan fingerprint density at radius 1 is 1.27 bits per heavy atom. The molecule has 0 unspecified atom stereocenters. The van der Waals surface area contributed by atoms with Crippen LogP contribution in [0.2, 0.25) is 0 Å². The van der Waals surface area contributed by atoms with Crippen molar-refractivity contribution in [2.45, 2.75) is 19.3 Å². The van der Waals surface area contributed by atoms with Crippen molar-refractivity contribution in [1.29, 1.82) is 0 Å². The van der Waals surface area contributed by atoms with Crippen LogP contribution in [-0.4, -0.2) is 40.0 Å². The molecule has 0 aromatic heterocycles. The highest BCUT2D eigenvalue weighted by molar-refractivity contribution is 5.91. The first-order valence-electron chi connectivity index (χ1n) is 7.57. The average molecular weight is 308 g/mol. The number of anilines is 1. The topological polar surface area (TPSA) is 68.8 Å². The Balaban J connectivity index is 1.68. The molecule has 0 bridgehead atoms. The molecule has 122 valence electrons. The van der Waals surface area contributed by atoms with Gasteiger partial charge in [0.05, 0.1) is 19.9 Å². The van der Waals surface area contributed by atoms with Crippen molar-refractivity contribution in [3.63, 3.8) is 0 Å². The second kappa shape index (κ2) is 8.48. The Morgan fingerprint density at radius 2 is 2.09 bits per heavy atom. The van der Waals surface area contributed by atoms with Crippen molar-refractivity contribution in [2.24, 2.45) is 5.92 Å². The summed E-state index contributed by atoms with van der Waals surface area (Å²) in [6, 6.07) is 4.98. The highest BCUT2D eigenvalue weighted by Crippen LogP contribution is 2.29. The molecule has 0 saturated heterocycles. The van der Waals surface area contributed by atoms with E-state index < -0.39 is 0 Å². The van der Waals surface area contributed by atoms with Gasteiger partial charge in [-0.3, -0.25) is 0 Å². The molecule has 0 spiro atoms. The molecule has 0 heterocycles. The van der Waals surface area contributed by atoms with Crippen LogP contribution >= 0.6 is 0 Å². The summed E-state index contributed by atoms with van der Waals surface area (Å²) in [4.78, 5) is 11.9. The van der Waals surface area contributed by atoms with Crippen LogP contribution in [0, 0.1) is 5.92 Å². The van der Waals surface area contributed by atoms with Gasteiger partial charge in [0.25, 0.3) is 0 Å². The van der Waals surface area contributed by atoms with E-state index in [9.17, 15) is 4.79 Å². The van der Waals surface area contributed by atoms with Gasteiger partial charge in [-0.1, -0.05) is 0 Å². The predicted molar refractivity (Wildman–Crippen MR) is 84.7 cm³/mol. The minimum Gasteiger partial charge on any atom is -0.497 e. The Kier molecular flexibility index (Phi) is 6.33. The number of methoxy groups -OCH3 is 2. The molecule has 22 heavy (non-hydrogen) atoms. The Labute approximate surface area is 131 Å². The Hall–Kier alpha value is -1.95. The minimum atomic E-state index is -0.270. The van der Waals surface area contributed by atoms with Gasteiger partial charge in [-0.15, -0.1) is 0 Å². The third kappa shape index (κ3) is 5.44. The van der Waals surface area contributed by atoms with Gasteiger partial charge in [-0.05, 0) is 37.3 Å². The average Bonchev–Trinajstić information content (AvgIpc) is 3.34. The van der Waals surface area contributed by atoms with Gasteiger partial charge < -0.3 is 24.8 Å². The van der Waals surface area contributed by atoms with Crippen molar-refractivity contribution in [2.75, 3.05) is 39.3 Å². The zero-order chi connectivity index (χ0) is 15.8. The second-order valence-corrected chi connectivity index (χ2v) is 5.32. The lowest BCUT2D eigenvalue weighted by molar-refractivity contribution is 0.122. The largest absolute Gasteiger partial charge is 0.497 e. The summed E-state index contributed by atoms with van der Waals surface area (Å²) in [5.74, 6) is 2.02. The quantitative estimate of drug-likeness (QED) is 0.688. The third-order valence-electron chi connectivity index (χ3n) is 3.46. The molecule has 1 aromatic rings. The summed E-state index contributed by atoms with van der Waals surface area (Å²) < 4.78 is 15.9. The molecule has 1 fully saturated rings. The van der Waals surface area contributed by atoms with E-state index in [1.807, 2.05) is 0 Å². The summed E-state index contributed by atoms with van der Waals surface area (Å²) in [5.41, 5.74) is 0.573. The number of nitrogens with one attached hydrogen (secondary N) is 2. The summed E-state index contributed by atoms with van der Waals surface area (Å²) >= 11 is 0. The number of carbonyl (C=O) groups excluding carboxylic acids is 1. The van der Waals surface area contributed by atoms with E-state index in [0.717, 1.165) is 18.9 Å². The molecule has 0 aliphatic heterocycles. The number of benzene rings is 1. The van der Waals surface area contributed by atoms with E-state index in [2.05, 4.69) is 10.6 Å². The molecular formula is C16H24N2O4. The van der Waals surface area contributed by atoms with Crippen LogP contribution < -0.4 is 20.1 Å². The van der Waals surface area contributed by atoms with Crippen LogP contribution in [0.1, 0.15) is 19.3 Å². The van der Waals surface area contributed by atoms with Gasteiger partial charge >= 0.3 is 6.03 Å². The maximum Gasteiger partial charge on any atom is 0.319 e. The molecule has 6 nitrogen and oxygen atoms in total. The van der Waals surface area contributed by atoms with E-state index >= 15 is 0 Å². The molecule has 2 N–H and O–H groups in total.